The molecule has 0 radical (unpaired) electrons. The fourth-order valence-corrected chi connectivity index (χ4v) is 4.14. The van der Waals surface area contributed by atoms with Gasteiger partial charge in [0.05, 0.1) is 23.2 Å². The molecule has 0 atom stereocenters. The Morgan fingerprint density at radius 3 is 2.50 bits per heavy atom. The number of fused-ring (bicyclic) bond motifs is 2. The van der Waals surface area contributed by atoms with Crippen LogP contribution in [0.25, 0.3) is 21.9 Å². The Hall–Kier alpha value is -3.69. The van der Waals surface area contributed by atoms with Crippen molar-refractivity contribution in [3.63, 3.8) is 0 Å². The maximum absolute atomic E-state index is 12.7. The van der Waals surface area contributed by atoms with Crippen molar-refractivity contribution >= 4 is 33.6 Å². The van der Waals surface area contributed by atoms with Crippen molar-refractivity contribution in [1.29, 1.82) is 0 Å². The molecular formula is C22H26N8O2. The van der Waals surface area contributed by atoms with Gasteiger partial charge in [-0.05, 0) is 32.0 Å². The lowest BCUT2D eigenvalue weighted by atomic mass is 10.2. The number of benzene rings is 1. The van der Waals surface area contributed by atoms with Crippen LogP contribution in [0.1, 0.15) is 13.8 Å². The van der Waals surface area contributed by atoms with Crippen molar-refractivity contribution in [1.82, 2.24) is 29.3 Å². The predicted octanol–water partition coefficient (Wildman–Crippen LogP) is 1.72. The normalized spacial score (nSPS) is 14.7. The summed E-state index contributed by atoms with van der Waals surface area (Å²) >= 11 is 0. The number of hydrogen-bond acceptors (Lipinski definition) is 8. The smallest absolute Gasteiger partial charge is 0.265 e. The maximum Gasteiger partial charge on any atom is 0.265 e. The SMILES string of the molecule is CC(C)Oc1ncnc2ccc(N3CCN(c4nc5c(cnn5C)c(=O)n4C)CC3)cc12. The third-order valence-corrected chi connectivity index (χ3v) is 5.81. The summed E-state index contributed by atoms with van der Waals surface area (Å²) < 4.78 is 9.14. The van der Waals surface area contributed by atoms with E-state index in [-0.39, 0.29) is 11.7 Å². The van der Waals surface area contributed by atoms with E-state index >= 15 is 0 Å². The highest BCUT2D eigenvalue weighted by Crippen LogP contribution is 2.28. The molecule has 166 valence electrons. The Bertz CT molecular complexity index is 1350. The average molecular weight is 435 g/mol. The number of aromatic nitrogens is 6. The van der Waals surface area contributed by atoms with E-state index in [9.17, 15) is 4.79 Å². The fraction of sp³-hybridized carbons (Fsp3) is 0.409. The Morgan fingerprint density at radius 1 is 1.00 bits per heavy atom. The van der Waals surface area contributed by atoms with Crippen molar-refractivity contribution in [3.8, 4) is 5.88 Å². The second-order valence-corrected chi connectivity index (χ2v) is 8.30. The van der Waals surface area contributed by atoms with Crippen molar-refractivity contribution in [2.45, 2.75) is 20.0 Å². The molecule has 0 unspecified atom stereocenters. The van der Waals surface area contributed by atoms with E-state index in [1.54, 1.807) is 29.5 Å². The highest BCUT2D eigenvalue weighted by atomic mass is 16.5. The lowest BCUT2D eigenvalue weighted by molar-refractivity contribution is 0.235. The van der Waals surface area contributed by atoms with Crippen molar-refractivity contribution < 1.29 is 4.74 Å². The molecule has 10 heteroatoms. The van der Waals surface area contributed by atoms with Crippen LogP contribution in [0.3, 0.4) is 0 Å². The van der Waals surface area contributed by atoms with Crippen molar-refractivity contribution in [2.75, 3.05) is 36.0 Å². The molecular weight excluding hydrogens is 408 g/mol. The summed E-state index contributed by atoms with van der Waals surface area (Å²) in [5.41, 5.74) is 2.50. The van der Waals surface area contributed by atoms with Crippen LogP contribution in [-0.4, -0.2) is 61.6 Å². The first kappa shape index (κ1) is 20.2. The number of rotatable bonds is 4. The average Bonchev–Trinajstić information content (AvgIpc) is 3.16. The Morgan fingerprint density at radius 2 is 1.75 bits per heavy atom. The lowest BCUT2D eigenvalue weighted by Crippen LogP contribution is -2.48. The first-order valence-electron chi connectivity index (χ1n) is 10.7. The van der Waals surface area contributed by atoms with E-state index in [1.807, 2.05) is 19.9 Å². The number of aryl methyl sites for hydroxylation is 1. The van der Waals surface area contributed by atoms with Gasteiger partial charge in [0, 0.05) is 46.0 Å². The van der Waals surface area contributed by atoms with E-state index < -0.39 is 0 Å². The lowest BCUT2D eigenvalue weighted by Gasteiger charge is -2.37. The Balaban J connectivity index is 1.40. The van der Waals surface area contributed by atoms with E-state index in [2.05, 4.69) is 37.0 Å². The summed E-state index contributed by atoms with van der Waals surface area (Å²) in [6.45, 7) is 7.09. The zero-order valence-electron chi connectivity index (χ0n) is 18.7. The minimum atomic E-state index is -0.0762. The van der Waals surface area contributed by atoms with Crippen LogP contribution in [0.2, 0.25) is 0 Å². The molecule has 0 spiro atoms. The predicted molar refractivity (Wildman–Crippen MR) is 123 cm³/mol. The summed E-state index contributed by atoms with van der Waals surface area (Å²) in [4.78, 5) is 30.6. The highest BCUT2D eigenvalue weighted by molar-refractivity contribution is 5.86. The van der Waals surface area contributed by atoms with Gasteiger partial charge in [-0.2, -0.15) is 10.1 Å². The molecule has 0 amide bonds. The molecule has 1 aromatic carbocycles. The van der Waals surface area contributed by atoms with Crippen molar-refractivity contribution in [2.24, 2.45) is 14.1 Å². The fourth-order valence-electron chi connectivity index (χ4n) is 4.14. The van der Waals surface area contributed by atoms with E-state index in [4.69, 9.17) is 9.72 Å². The highest BCUT2D eigenvalue weighted by Gasteiger charge is 2.23. The number of anilines is 2. The van der Waals surface area contributed by atoms with E-state index in [0.717, 1.165) is 42.8 Å². The van der Waals surface area contributed by atoms with Gasteiger partial charge in [0.15, 0.2) is 5.65 Å². The van der Waals surface area contributed by atoms with Crippen LogP contribution in [0, 0.1) is 0 Å². The molecule has 3 aromatic heterocycles. The largest absolute Gasteiger partial charge is 0.474 e. The van der Waals surface area contributed by atoms with Gasteiger partial charge in [-0.3, -0.25) is 14.0 Å². The molecule has 0 aliphatic carbocycles. The Labute approximate surface area is 185 Å². The van der Waals surface area contributed by atoms with Gasteiger partial charge in [-0.25, -0.2) is 9.97 Å². The van der Waals surface area contributed by atoms with Gasteiger partial charge in [-0.1, -0.05) is 0 Å². The topological polar surface area (TPSA) is 94.2 Å². The molecule has 4 heterocycles. The van der Waals surface area contributed by atoms with E-state index in [0.29, 0.717) is 22.9 Å². The number of nitrogens with zero attached hydrogens (tertiary/aromatic N) is 8. The second-order valence-electron chi connectivity index (χ2n) is 8.30. The van der Waals surface area contributed by atoms with Crippen LogP contribution >= 0.6 is 0 Å². The summed E-state index contributed by atoms with van der Waals surface area (Å²) in [7, 11) is 3.57. The maximum atomic E-state index is 12.7. The standard InChI is InChI=1S/C22H26N8O2/c1-14(2)32-20-16-11-15(5-6-18(16)23-13-24-20)29-7-9-30(10-8-29)22-26-19-17(12-25-28(19)4)21(31)27(22)3/h5-6,11-14H,7-10H2,1-4H3. The second kappa shape index (κ2) is 7.77. The molecule has 1 aliphatic rings. The first-order valence-corrected chi connectivity index (χ1v) is 10.7. The van der Waals surface area contributed by atoms with Crippen LogP contribution in [0.4, 0.5) is 11.6 Å². The van der Waals surface area contributed by atoms with E-state index in [1.165, 1.54) is 6.33 Å². The molecule has 10 nitrogen and oxygen atoms in total. The molecule has 1 saturated heterocycles. The third kappa shape index (κ3) is 3.41. The number of hydrogen-bond donors (Lipinski definition) is 0. The van der Waals surface area contributed by atoms with Crippen molar-refractivity contribution in [3.05, 3.63) is 41.1 Å². The van der Waals surface area contributed by atoms with Crippen LogP contribution in [0.15, 0.2) is 35.5 Å². The number of piperazine rings is 1. The minimum absolute atomic E-state index is 0.0382. The molecule has 0 saturated carbocycles. The van der Waals surface area contributed by atoms with Crippen LogP contribution < -0.4 is 20.1 Å². The Kier molecular flexibility index (Phi) is 4.91. The molecule has 5 rings (SSSR count). The summed E-state index contributed by atoms with van der Waals surface area (Å²) in [6.07, 6.45) is 3.15. The molecule has 0 bridgehead atoms. The first-order chi connectivity index (χ1) is 15.4. The van der Waals surface area contributed by atoms with Gasteiger partial charge in [0.2, 0.25) is 11.8 Å². The zero-order valence-corrected chi connectivity index (χ0v) is 18.7. The zero-order chi connectivity index (χ0) is 22.4. The van der Waals surface area contributed by atoms with Gasteiger partial charge in [0.25, 0.3) is 5.56 Å². The monoisotopic (exact) mass is 434 g/mol. The summed E-state index contributed by atoms with van der Waals surface area (Å²) in [6, 6.07) is 6.19. The molecule has 1 fully saturated rings. The molecule has 4 aromatic rings. The number of ether oxygens (including phenoxy) is 1. The van der Waals surface area contributed by atoms with Crippen LogP contribution in [0.5, 0.6) is 5.88 Å². The van der Waals surface area contributed by atoms with Crippen LogP contribution in [-0.2, 0) is 14.1 Å². The third-order valence-electron chi connectivity index (χ3n) is 5.81. The summed E-state index contributed by atoms with van der Waals surface area (Å²) in [5.74, 6) is 1.28. The molecule has 1 aliphatic heterocycles. The quantitative estimate of drug-likeness (QED) is 0.479. The molecule has 0 N–H and O–H groups in total. The van der Waals surface area contributed by atoms with Gasteiger partial charge < -0.3 is 14.5 Å². The molecule has 32 heavy (non-hydrogen) atoms. The minimum Gasteiger partial charge on any atom is -0.474 e. The van der Waals surface area contributed by atoms with Gasteiger partial charge in [0.1, 0.15) is 11.7 Å². The van der Waals surface area contributed by atoms with Gasteiger partial charge in [-0.15, -0.1) is 0 Å². The summed E-state index contributed by atoms with van der Waals surface area (Å²) in [5, 5.41) is 5.63. The van der Waals surface area contributed by atoms with Gasteiger partial charge >= 0.3 is 0 Å².